The quantitative estimate of drug-likeness (QED) is 0.747. The highest BCUT2D eigenvalue weighted by atomic mass is 32.1. The van der Waals surface area contributed by atoms with E-state index in [0.29, 0.717) is 22.9 Å². The molecule has 0 aliphatic carbocycles. The SMILES string of the molecule is CCOc1ncccc1C(=O)NN=c1sc2ccccc2n1C. The van der Waals surface area contributed by atoms with Crippen molar-refractivity contribution in [3.8, 4) is 5.88 Å². The van der Waals surface area contributed by atoms with E-state index in [1.54, 1.807) is 18.3 Å². The van der Waals surface area contributed by atoms with Gasteiger partial charge in [0.25, 0.3) is 5.91 Å². The van der Waals surface area contributed by atoms with Crippen molar-refractivity contribution in [2.75, 3.05) is 6.61 Å². The first kappa shape index (κ1) is 15.2. The van der Waals surface area contributed by atoms with Crippen LogP contribution in [0.15, 0.2) is 47.7 Å². The highest BCUT2D eigenvalue weighted by Crippen LogP contribution is 2.15. The average Bonchev–Trinajstić information content (AvgIpc) is 2.90. The molecule has 0 spiro atoms. The Kier molecular flexibility index (Phi) is 4.38. The summed E-state index contributed by atoms with van der Waals surface area (Å²) in [6.07, 6.45) is 1.59. The molecule has 0 unspecified atom stereocenters. The number of carbonyl (C=O) groups is 1. The number of aryl methyl sites for hydroxylation is 1. The summed E-state index contributed by atoms with van der Waals surface area (Å²) in [4.78, 5) is 17.1. The van der Waals surface area contributed by atoms with Crippen LogP contribution in [-0.4, -0.2) is 22.1 Å². The van der Waals surface area contributed by atoms with Crippen molar-refractivity contribution in [2.45, 2.75) is 6.92 Å². The summed E-state index contributed by atoms with van der Waals surface area (Å²) in [6.45, 7) is 2.29. The molecule has 3 rings (SSSR count). The molecule has 0 saturated carbocycles. The van der Waals surface area contributed by atoms with Crippen LogP contribution in [0.25, 0.3) is 10.2 Å². The number of benzene rings is 1. The van der Waals surface area contributed by atoms with Crippen molar-refractivity contribution in [1.29, 1.82) is 0 Å². The molecule has 2 aromatic heterocycles. The summed E-state index contributed by atoms with van der Waals surface area (Å²) >= 11 is 1.51. The van der Waals surface area contributed by atoms with Gasteiger partial charge in [-0.3, -0.25) is 4.79 Å². The number of hydrogen-bond acceptors (Lipinski definition) is 5. The van der Waals surface area contributed by atoms with Crippen LogP contribution >= 0.6 is 11.3 Å². The fraction of sp³-hybridized carbons (Fsp3) is 0.188. The summed E-state index contributed by atoms with van der Waals surface area (Å²) in [5.41, 5.74) is 4.01. The average molecular weight is 328 g/mol. The molecular formula is C16H16N4O2S. The number of fused-ring (bicyclic) bond motifs is 1. The number of nitrogens with zero attached hydrogens (tertiary/aromatic N) is 3. The molecule has 118 valence electrons. The minimum absolute atomic E-state index is 0.309. The lowest BCUT2D eigenvalue weighted by Crippen LogP contribution is -2.24. The van der Waals surface area contributed by atoms with E-state index in [2.05, 4.69) is 15.5 Å². The maximum Gasteiger partial charge on any atom is 0.276 e. The molecule has 1 aromatic carbocycles. The second-order valence-corrected chi connectivity index (χ2v) is 5.76. The van der Waals surface area contributed by atoms with Crippen molar-refractivity contribution in [3.63, 3.8) is 0 Å². The molecule has 7 heteroatoms. The maximum atomic E-state index is 12.3. The minimum Gasteiger partial charge on any atom is -0.477 e. The second kappa shape index (κ2) is 6.62. The van der Waals surface area contributed by atoms with Gasteiger partial charge in [0.2, 0.25) is 10.7 Å². The zero-order valence-electron chi connectivity index (χ0n) is 12.8. The predicted molar refractivity (Wildman–Crippen MR) is 89.2 cm³/mol. The van der Waals surface area contributed by atoms with Gasteiger partial charge in [-0.2, -0.15) is 0 Å². The zero-order chi connectivity index (χ0) is 16.2. The van der Waals surface area contributed by atoms with Gasteiger partial charge in [-0.25, -0.2) is 10.4 Å². The first-order valence-corrected chi connectivity index (χ1v) is 7.98. The number of carbonyl (C=O) groups excluding carboxylic acids is 1. The van der Waals surface area contributed by atoms with Crippen LogP contribution < -0.4 is 15.0 Å². The van der Waals surface area contributed by atoms with Gasteiger partial charge in [0.05, 0.1) is 16.8 Å². The zero-order valence-corrected chi connectivity index (χ0v) is 13.6. The van der Waals surface area contributed by atoms with Gasteiger partial charge in [0, 0.05) is 13.2 Å². The number of thiazole rings is 1. The Morgan fingerprint density at radius 3 is 2.96 bits per heavy atom. The Bertz CT molecular complexity index is 914. The van der Waals surface area contributed by atoms with Gasteiger partial charge in [-0.1, -0.05) is 23.5 Å². The van der Waals surface area contributed by atoms with Crippen LogP contribution in [0.5, 0.6) is 5.88 Å². The molecule has 6 nitrogen and oxygen atoms in total. The summed E-state index contributed by atoms with van der Waals surface area (Å²) in [5.74, 6) is -0.0394. The largest absolute Gasteiger partial charge is 0.477 e. The maximum absolute atomic E-state index is 12.3. The van der Waals surface area contributed by atoms with Crippen molar-refractivity contribution in [2.24, 2.45) is 12.1 Å². The first-order chi connectivity index (χ1) is 11.2. The third-order valence-electron chi connectivity index (χ3n) is 3.26. The van der Waals surface area contributed by atoms with Crippen LogP contribution in [0.1, 0.15) is 17.3 Å². The van der Waals surface area contributed by atoms with E-state index in [-0.39, 0.29) is 5.91 Å². The monoisotopic (exact) mass is 328 g/mol. The Balaban J connectivity index is 1.90. The van der Waals surface area contributed by atoms with Crippen molar-refractivity contribution in [1.82, 2.24) is 15.0 Å². The second-order valence-electron chi connectivity index (χ2n) is 4.75. The van der Waals surface area contributed by atoms with E-state index in [1.165, 1.54) is 11.3 Å². The fourth-order valence-corrected chi connectivity index (χ4v) is 3.14. The van der Waals surface area contributed by atoms with E-state index in [9.17, 15) is 4.79 Å². The minimum atomic E-state index is -0.348. The molecule has 0 bridgehead atoms. The van der Waals surface area contributed by atoms with Gasteiger partial charge >= 0.3 is 0 Å². The Labute approximate surface area is 137 Å². The van der Waals surface area contributed by atoms with Crippen molar-refractivity contribution in [3.05, 3.63) is 53.0 Å². The van der Waals surface area contributed by atoms with Crippen LogP contribution in [0, 0.1) is 0 Å². The third kappa shape index (κ3) is 3.09. The summed E-state index contributed by atoms with van der Waals surface area (Å²) in [5, 5.41) is 4.22. The molecule has 0 radical (unpaired) electrons. The van der Waals surface area contributed by atoms with E-state index in [1.807, 2.05) is 42.8 Å². The summed E-state index contributed by atoms with van der Waals surface area (Å²) < 4.78 is 8.41. The summed E-state index contributed by atoms with van der Waals surface area (Å²) in [6, 6.07) is 11.3. The van der Waals surface area contributed by atoms with Gasteiger partial charge in [-0.05, 0) is 31.2 Å². The van der Waals surface area contributed by atoms with Gasteiger partial charge in [0.1, 0.15) is 5.56 Å². The van der Waals surface area contributed by atoms with E-state index < -0.39 is 0 Å². The Hall–Kier alpha value is -2.67. The first-order valence-electron chi connectivity index (χ1n) is 7.17. The number of para-hydroxylation sites is 1. The number of hydrogen-bond donors (Lipinski definition) is 1. The summed E-state index contributed by atoms with van der Waals surface area (Å²) in [7, 11) is 1.92. The van der Waals surface area contributed by atoms with Gasteiger partial charge in [0.15, 0.2) is 0 Å². The van der Waals surface area contributed by atoms with E-state index >= 15 is 0 Å². The van der Waals surface area contributed by atoms with Crippen LogP contribution in [-0.2, 0) is 7.05 Å². The molecule has 0 aliphatic heterocycles. The topological polar surface area (TPSA) is 68.5 Å². The van der Waals surface area contributed by atoms with Crippen LogP contribution in [0.2, 0.25) is 0 Å². The molecule has 23 heavy (non-hydrogen) atoms. The van der Waals surface area contributed by atoms with E-state index in [0.717, 1.165) is 10.2 Å². The molecule has 3 aromatic rings. The molecule has 1 N–H and O–H groups in total. The smallest absolute Gasteiger partial charge is 0.276 e. The fourth-order valence-electron chi connectivity index (χ4n) is 2.16. The number of pyridine rings is 1. The molecule has 0 aliphatic rings. The molecule has 0 fully saturated rings. The normalized spacial score (nSPS) is 11.7. The lowest BCUT2D eigenvalue weighted by molar-refractivity contribution is 0.0948. The highest BCUT2D eigenvalue weighted by molar-refractivity contribution is 7.16. The van der Waals surface area contributed by atoms with Gasteiger partial charge < -0.3 is 9.30 Å². The number of nitrogens with one attached hydrogen (secondary N) is 1. The van der Waals surface area contributed by atoms with Crippen LogP contribution in [0.3, 0.4) is 0 Å². The molecular weight excluding hydrogens is 312 g/mol. The van der Waals surface area contributed by atoms with Crippen molar-refractivity contribution >= 4 is 27.5 Å². The van der Waals surface area contributed by atoms with Crippen molar-refractivity contribution < 1.29 is 9.53 Å². The molecule has 2 heterocycles. The standard InChI is InChI=1S/C16H16N4O2S/c1-3-22-15-11(7-6-10-17-15)14(21)18-19-16-20(2)12-8-4-5-9-13(12)23-16/h4-10H,3H2,1-2H3,(H,18,21). The van der Waals surface area contributed by atoms with E-state index in [4.69, 9.17) is 4.74 Å². The molecule has 0 saturated heterocycles. The Morgan fingerprint density at radius 2 is 2.17 bits per heavy atom. The number of aromatic nitrogens is 2. The Morgan fingerprint density at radius 1 is 1.35 bits per heavy atom. The third-order valence-corrected chi connectivity index (χ3v) is 4.38. The number of rotatable bonds is 4. The lowest BCUT2D eigenvalue weighted by atomic mass is 10.2. The van der Waals surface area contributed by atoms with Crippen LogP contribution in [0.4, 0.5) is 0 Å². The number of ether oxygens (including phenoxy) is 1. The highest BCUT2D eigenvalue weighted by Gasteiger charge is 2.12. The molecule has 0 atom stereocenters. The lowest BCUT2D eigenvalue weighted by Gasteiger charge is -2.06. The number of amides is 1. The molecule has 1 amide bonds. The predicted octanol–water partition coefficient (Wildman–Crippen LogP) is 2.28. The van der Waals surface area contributed by atoms with Gasteiger partial charge in [-0.15, -0.1) is 5.10 Å².